The molecule has 0 bridgehead atoms. The standard InChI is InChI=1S/C17H13F2N5O/c18-12-5-3-6-13(19)16(12)17-20-22-24(21-17)10-15(25)23-9-8-11-4-1-2-7-14(11)23/h1-7H,8-10H2. The van der Waals surface area contributed by atoms with Crippen LogP contribution in [0.25, 0.3) is 11.4 Å². The topological polar surface area (TPSA) is 63.9 Å². The molecule has 0 radical (unpaired) electrons. The number of nitrogens with zero attached hydrogens (tertiary/aromatic N) is 5. The average molecular weight is 341 g/mol. The normalized spacial score (nSPS) is 13.1. The SMILES string of the molecule is O=C(Cn1nnc(-c2c(F)cccc2F)n1)N1CCc2ccccc21. The Morgan fingerprint density at radius 2 is 1.84 bits per heavy atom. The van der Waals surface area contributed by atoms with Gasteiger partial charge in [-0.05, 0) is 35.4 Å². The first-order valence-corrected chi connectivity index (χ1v) is 7.74. The number of anilines is 1. The Labute approximate surface area is 141 Å². The van der Waals surface area contributed by atoms with Gasteiger partial charge < -0.3 is 4.90 Å². The molecule has 25 heavy (non-hydrogen) atoms. The van der Waals surface area contributed by atoms with Crippen LogP contribution in [-0.4, -0.2) is 32.7 Å². The maximum absolute atomic E-state index is 13.8. The molecule has 0 unspecified atom stereocenters. The Hall–Kier alpha value is -3.16. The second-order valence-electron chi connectivity index (χ2n) is 5.66. The Bertz CT molecular complexity index is 935. The highest BCUT2D eigenvalue weighted by atomic mass is 19.1. The van der Waals surface area contributed by atoms with E-state index in [1.165, 1.54) is 6.07 Å². The summed E-state index contributed by atoms with van der Waals surface area (Å²) in [4.78, 5) is 15.2. The largest absolute Gasteiger partial charge is 0.310 e. The Balaban J connectivity index is 1.55. The van der Waals surface area contributed by atoms with Crippen molar-refractivity contribution in [3.05, 3.63) is 59.7 Å². The summed E-state index contributed by atoms with van der Waals surface area (Å²) in [6, 6.07) is 11.2. The first kappa shape index (κ1) is 15.4. The molecule has 0 aliphatic carbocycles. The summed E-state index contributed by atoms with van der Waals surface area (Å²) in [6.45, 7) is 0.430. The molecule has 0 saturated carbocycles. The van der Waals surface area contributed by atoms with Crippen LogP contribution in [0, 0.1) is 11.6 Å². The average Bonchev–Trinajstić information content (AvgIpc) is 3.21. The number of benzene rings is 2. The Morgan fingerprint density at radius 1 is 1.08 bits per heavy atom. The molecule has 8 heteroatoms. The van der Waals surface area contributed by atoms with Gasteiger partial charge in [0.05, 0.1) is 5.56 Å². The summed E-state index contributed by atoms with van der Waals surface area (Å²) in [5, 5.41) is 11.3. The number of carbonyl (C=O) groups excluding carboxylic acids is 1. The van der Waals surface area contributed by atoms with E-state index in [0.29, 0.717) is 6.54 Å². The highest BCUT2D eigenvalue weighted by Gasteiger charge is 2.25. The van der Waals surface area contributed by atoms with Crippen LogP contribution in [0.1, 0.15) is 5.56 Å². The van der Waals surface area contributed by atoms with Crippen LogP contribution in [-0.2, 0) is 17.8 Å². The number of carbonyl (C=O) groups is 1. The van der Waals surface area contributed by atoms with Crippen LogP contribution in [0.2, 0.25) is 0 Å². The van der Waals surface area contributed by atoms with Crippen molar-refractivity contribution in [2.24, 2.45) is 0 Å². The number of para-hydroxylation sites is 1. The number of aromatic nitrogens is 4. The lowest BCUT2D eigenvalue weighted by atomic mass is 10.2. The molecular weight excluding hydrogens is 328 g/mol. The molecule has 1 aromatic heterocycles. The van der Waals surface area contributed by atoms with Crippen LogP contribution in [0.3, 0.4) is 0 Å². The summed E-state index contributed by atoms with van der Waals surface area (Å²) in [6.07, 6.45) is 0.790. The molecule has 2 heterocycles. The van der Waals surface area contributed by atoms with E-state index in [1.807, 2.05) is 24.3 Å². The summed E-state index contributed by atoms with van der Waals surface area (Å²) in [7, 11) is 0. The highest BCUT2D eigenvalue weighted by molar-refractivity contribution is 5.95. The third kappa shape index (κ3) is 2.75. The highest BCUT2D eigenvalue weighted by Crippen LogP contribution is 2.27. The van der Waals surface area contributed by atoms with Gasteiger partial charge in [0.15, 0.2) is 0 Å². The minimum Gasteiger partial charge on any atom is -0.310 e. The van der Waals surface area contributed by atoms with Gasteiger partial charge >= 0.3 is 0 Å². The molecule has 1 aliphatic rings. The number of tetrazole rings is 1. The van der Waals surface area contributed by atoms with E-state index in [2.05, 4.69) is 15.4 Å². The predicted molar refractivity (Wildman–Crippen MR) is 85.7 cm³/mol. The van der Waals surface area contributed by atoms with Crippen LogP contribution in [0.4, 0.5) is 14.5 Å². The third-order valence-electron chi connectivity index (χ3n) is 4.10. The second kappa shape index (κ2) is 6.04. The van der Waals surface area contributed by atoms with Gasteiger partial charge in [-0.25, -0.2) is 8.78 Å². The summed E-state index contributed by atoms with van der Waals surface area (Å²) < 4.78 is 27.6. The number of rotatable bonds is 3. The number of amides is 1. The van der Waals surface area contributed by atoms with Gasteiger partial charge in [0.2, 0.25) is 5.82 Å². The van der Waals surface area contributed by atoms with Gasteiger partial charge in [-0.3, -0.25) is 4.79 Å². The van der Waals surface area contributed by atoms with E-state index >= 15 is 0 Å². The number of hydrogen-bond donors (Lipinski definition) is 0. The molecule has 0 saturated heterocycles. The zero-order valence-corrected chi connectivity index (χ0v) is 13.1. The monoisotopic (exact) mass is 341 g/mol. The first-order chi connectivity index (χ1) is 12.1. The van der Waals surface area contributed by atoms with Gasteiger partial charge in [-0.1, -0.05) is 24.3 Å². The number of halogens is 2. The fraction of sp³-hybridized carbons (Fsp3) is 0.176. The van der Waals surface area contributed by atoms with Gasteiger partial charge in [-0.15, -0.1) is 10.2 Å². The van der Waals surface area contributed by atoms with Crippen molar-refractivity contribution in [1.82, 2.24) is 20.2 Å². The van der Waals surface area contributed by atoms with Crippen molar-refractivity contribution < 1.29 is 13.6 Å². The molecule has 4 rings (SSSR count). The van der Waals surface area contributed by atoms with Gasteiger partial charge in [0.1, 0.15) is 18.2 Å². The molecule has 2 aromatic carbocycles. The van der Waals surface area contributed by atoms with Gasteiger partial charge in [0.25, 0.3) is 5.91 Å². The first-order valence-electron chi connectivity index (χ1n) is 7.74. The third-order valence-corrected chi connectivity index (χ3v) is 4.10. The fourth-order valence-corrected chi connectivity index (χ4v) is 2.93. The van der Waals surface area contributed by atoms with Crippen molar-refractivity contribution in [2.45, 2.75) is 13.0 Å². The number of hydrogen-bond acceptors (Lipinski definition) is 4. The Morgan fingerprint density at radius 3 is 2.64 bits per heavy atom. The summed E-state index contributed by atoms with van der Waals surface area (Å²) in [5.74, 6) is -1.95. The van der Waals surface area contributed by atoms with E-state index in [4.69, 9.17) is 0 Å². The van der Waals surface area contributed by atoms with E-state index in [-0.39, 0.29) is 23.8 Å². The van der Waals surface area contributed by atoms with Crippen molar-refractivity contribution >= 4 is 11.6 Å². The lowest BCUT2D eigenvalue weighted by molar-refractivity contribution is -0.119. The van der Waals surface area contributed by atoms with Gasteiger partial charge in [-0.2, -0.15) is 4.80 Å². The van der Waals surface area contributed by atoms with Crippen LogP contribution in [0.5, 0.6) is 0 Å². The molecule has 1 amide bonds. The molecular formula is C17H13F2N5O. The van der Waals surface area contributed by atoms with Crippen molar-refractivity contribution in [1.29, 1.82) is 0 Å². The fourth-order valence-electron chi connectivity index (χ4n) is 2.93. The smallest absolute Gasteiger partial charge is 0.250 e. The quantitative estimate of drug-likeness (QED) is 0.733. The summed E-state index contributed by atoms with van der Waals surface area (Å²) >= 11 is 0. The molecule has 1 aliphatic heterocycles. The summed E-state index contributed by atoms with van der Waals surface area (Å²) in [5.41, 5.74) is 1.62. The molecule has 3 aromatic rings. The Kier molecular flexibility index (Phi) is 3.72. The lowest BCUT2D eigenvalue weighted by Crippen LogP contribution is -2.32. The molecule has 0 N–H and O–H groups in total. The predicted octanol–water partition coefficient (Wildman–Crippen LogP) is 2.21. The zero-order chi connectivity index (χ0) is 17.4. The van der Waals surface area contributed by atoms with Crippen molar-refractivity contribution in [3.63, 3.8) is 0 Å². The number of fused-ring (bicyclic) bond motifs is 1. The zero-order valence-electron chi connectivity index (χ0n) is 13.1. The molecule has 0 atom stereocenters. The minimum absolute atomic E-state index is 0.155. The van der Waals surface area contributed by atoms with E-state index in [0.717, 1.165) is 34.6 Å². The maximum atomic E-state index is 13.8. The molecule has 126 valence electrons. The van der Waals surface area contributed by atoms with Crippen molar-refractivity contribution in [3.8, 4) is 11.4 Å². The molecule has 0 fully saturated rings. The van der Waals surface area contributed by atoms with E-state index < -0.39 is 11.6 Å². The second-order valence-corrected chi connectivity index (χ2v) is 5.66. The molecule has 6 nitrogen and oxygen atoms in total. The van der Waals surface area contributed by atoms with Crippen molar-refractivity contribution in [2.75, 3.05) is 11.4 Å². The van der Waals surface area contributed by atoms with Crippen LogP contribution >= 0.6 is 0 Å². The van der Waals surface area contributed by atoms with E-state index in [9.17, 15) is 13.6 Å². The minimum atomic E-state index is -0.778. The lowest BCUT2D eigenvalue weighted by Gasteiger charge is -2.16. The van der Waals surface area contributed by atoms with E-state index in [1.54, 1.807) is 4.90 Å². The molecule has 0 spiro atoms. The van der Waals surface area contributed by atoms with Gasteiger partial charge in [0, 0.05) is 12.2 Å². The van der Waals surface area contributed by atoms with Crippen LogP contribution < -0.4 is 4.90 Å². The maximum Gasteiger partial charge on any atom is 0.250 e. The van der Waals surface area contributed by atoms with Crippen LogP contribution in [0.15, 0.2) is 42.5 Å².